The molecule has 0 spiro atoms. The second-order valence-electron chi connectivity index (χ2n) is 5.64. The Labute approximate surface area is 148 Å². The van der Waals surface area contributed by atoms with Crippen molar-refractivity contribution in [1.29, 1.82) is 0 Å². The van der Waals surface area contributed by atoms with Gasteiger partial charge in [0.05, 0.1) is 18.0 Å². The molecule has 0 amide bonds. The lowest BCUT2D eigenvalue weighted by molar-refractivity contribution is 0.0531. The fourth-order valence-electron chi connectivity index (χ4n) is 2.61. The van der Waals surface area contributed by atoms with Gasteiger partial charge in [-0.2, -0.15) is 0 Å². The SMILES string of the molecule is CCOC(=O)c1sc2nc(C(C)Nc3ccccc3)[nH]c(=O)c2c1C. The van der Waals surface area contributed by atoms with Crippen molar-refractivity contribution in [2.45, 2.75) is 26.8 Å². The van der Waals surface area contributed by atoms with Crippen LogP contribution >= 0.6 is 11.3 Å². The van der Waals surface area contributed by atoms with E-state index in [2.05, 4.69) is 15.3 Å². The Morgan fingerprint density at radius 2 is 2.08 bits per heavy atom. The van der Waals surface area contributed by atoms with Gasteiger partial charge in [0.1, 0.15) is 15.5 Å². The highest BCUT2D eigenvalue weighted by Gasteiger charge is 2.21. The Balaban J connectivity index is 1.98. The molecule has 1 unspecified atom stereocenters. The third-order valence-corrected chi connectivity index (χ3v) is 5.01. The van der Waals surface area contributed by atoms with Gasteiger partial charge in [0.2, 0.25) is 0 Å². The summed E-state index contributed by atoms with van der Waals surface area (Å²) in [6.45, 7) is 5.71. The maximum Gasteiger partial charge on any atom is 0.348 e. The number of nitrogens with zero attached hydrogens (tertiary/aromatic N) is 1. The van der Waals surface area contributed by atoms with Crippen molar-refractivity contribution in [3.05, 3.63) is 57.0 Å². The second-order valence-corrected chi connectivity index (χ2v) is 6.64. The molecule has 0 radical (unpaired) electrons. The highest BCUT2D eigenvalue weighted by molar-refractivity contribution is 7.20. The number of anilines is 1. The van der Waals surface area contributed by atoms with Crippen molar-refractivity contribution in [2.75, 3.05) is 11.9 Å². The van der Waals surface area contributed by atoms with Crippen LogP contribution in [0.1, 0.15) is 40.9 Å². The van der Waals surface area contributed by atoms with Gasteiger partial charge in [0.15, 0.2) is 0 Å². The molecule has 2 N–H and O–H groups in total. The molecule has 7 heteroatoms. The first kappa shape index (κ1) is 17.2. The Morgan fingerprint density at radius 1 is 1.36 bits per heavy atom. The molecule has 1 atom stereocenters. The zero-order valence-electron chi connectivity index (χ0n) is 14.3. The van der Waals surface area contributed by atoms with E-state index in [1.165, 1.54) is 11.3 Å². The monoisotopic (exact) mass is 357 g/mol. The molecule has 0 aliphatic carbocycles. The number of carbonyl (C=O) groups excluding carboxylic acids is 1. The standard InChI is InChI=1S/C18H19N3O3S/c1-4-24-18(23)14-10(2)13-16(22)20-15(21-17(13)25-14)11(3)19-12-8-6-5-7-9-12/h5-9,11,19H,4H2,1-3H3,(H,20,21,22). The van der Waals surface area contributed by atoms with E-state index in [9.17, 15) is 9.59 Å². The summed E-state index contributed by atoms with van der Waals surface area (Å²) in [7, 11) is 0. The molecule has 25 heavy (non-hydrogen) atoms. The van der Waals surface area contributed by atoms with E-state index in [0.717, 1.165) is 5.69 Å². The van der Waals surface area contributed by atoms with Crippen molar-refractivity contribution in [1.82, 2.24) is 9.97 Å². The average Bonchev–Trinajstić information content (AvgIpc) is 2.93. The van der Waals surface area contributed by atoms with Crippen molar-refractivity contribution in [3.8, 4) is 0 Å². The molecule has 2 aromatic heterocycles. The molecule has 1 aromatic carbocycles. The lowest BCUT2D eigenvalue weighted by atomic mass is 10.2. The van der Waals surface area contributed by atoms with Crippen molar-refractivity contribution >= 4 is 33.2 Å². The molecule has 130 valence electrons. The summed E-state index contributed by atoms with van der Waals surface area (Å²) in [5, 5.41) is 3.74. The summed E-state index contributed by atoms with van der Waals surface area (Å²) in [5.74, 6) is 0.109. The van der Waals surface area contributed by atoms with Crippen molar-refractivity contribution in [2.24, 2.45) is 0 Å². The lowest BCUT2D eigenvalue weighted by Gasteiger charge is -2.14. The number of thiophene rings is 1. The number of carbonyl (C=O) groups is 1. The van der Waals surface area contributed by atoms with E-state index >= 15 is 0 Å². The topological polar surface area (TPSA) is 84.1 Å². The van der Waals surface area contributed by atoms with Gasteiger partial charge in [-0.1, -0.05) is 18.2 Å². The van der Waals surface area contributed by atoms with Gasteiger partial charge >= 0.3 is 5.97 Å². The lowest BCUT2D eigenvalue weighted by Crippen LogP contribution is -2.17. The predicted octanol–water partition coefficient (Wildman–Crippen LogP) is 3.64. The van der Waals surface area contributed by atoms with Crippen molar-refractivity contribution < 1.29 is 9.53 Å². The highest BCUT2D eigenvalue weighted by atomic mass is 32.1. The molecule has 0 fully saturated rings. The van der Waals surface area contributed by atoms with Crippen LogP contribution in [0.2, 0.25) is 0 Å². The van der Waals surface area contributed by atoms with Crippen LogP contribution in [-0.2, 0) is 4.74 Å². The average molecular weight is 357 g/mol. The fraction of sp³-hybridized carbons (Fsp3) is 0.278. The number of aromatic amines is 1. The summed E-state index contributed by atoms with van der Waals surface area (Å²) in [4.78, 5) is 32.9. The predicted molar refractivity (Wildman–Crippen MR) is 99.4 cm³/mol. The molecule has 0 aliphatic heterocycles. The van der Waals surface area contributed by atoms with E-state index in [1.54, 1.807) is 13.8 Å². The Hall–Kier alpha value is -2.67. The Bertz CT molecular complexity index is 963. The largest absolute Gasteiger partial charge is 0.462 e. The molecule has 0 bridgehead atoms. The molecular weight excluding hydrogens is 338 g/mol. The summed E-state index contributed by atoms with van der Waals surface area (Å²) in [6, 6.07) is 9.51. The number of nitrogens with one attached hydrogen (secondary N) is 2. The van der Waals surface area contributed by atoms with Crippen LogP contribution in [0.5, 0.6) is 0 Å². The number of fused-ring (bicyclic) bond motifs is 1. The number of aryl methyl sites for hydroxylation is 1. The van der Waals surface area contributed by atoms with Crippen molar-refractivity contribution in [3.63, 3.8) is 0 Å². The maximum absolute atomic E-state index is 12.5. The molecule has 3 aromatic rings. The molecule has 0 aliphatic rings. The number of rotatable bonds is 5. The van der Waals surface area contributed by atoms with E-state index in [4.69, 9.17) is 4.74 Å². The number of ether oxygens (including phenoxy) is 1. The number of hydrogen-bond donors (Lipinski definition) is 2. The minimum Gasteiger partial charge on any atom is -0.462 e. The van der Waals surface area contributed by atoms with Crippen LogP contribution in [0.15, 0.2) is 35.1 Å². The number of para-hydroxylation sites is 1. The number of benzene rings is 1. The zero-order chi connectivity index (χ0) is 18.0. The third kappa shape index (κ3) is 3.41. The zero-order valence-corrected chi connectivity index (χ0v) is 15.1. The molecule has 6 nitrogen and oxygen atoms in total. The first-order valence-corrected chi connectivity index (χ1v) is 8.85. The summed E-state index contributed by atoms with van der Waals surface area (Å²) < 4.78 is 5.05. The normalized spacial score (nSPS) is 12.1. The van der Waals surface area contributed by atoms with Gasteiger partial charge in [-0.15, -0.1) is 11.3 Å². The first-order valence-electron chi connectivity index (χ1n) is 8.03. The maximum atomic E-state index is 12.5. The van der Waals surface area contributed by atoms with E-state index in [1.807, 2.05) is 37.3 Å². The minimum absolute atomic E-state index is 0.187. The van der Waals surface area contributed by atoms with Gasteiger partial charge in [0, 0.05) is 5.69 Å². The summed E-state index contributed by atoms with van der Waals surface area (Å²) in [6.07, 6.45) is 0. The van der Waals surface area contributed by atoms with Gasteiger partial charge in [-0.05, 0) is 38.5 Å². The van der Waals surface area contributed by atoms with E-state index in [-0.39, 0.29) is 11.6 Å². The van der Waals surface area contributed by atoms with Crippen LogP contribution in [0.25, 0.3) is 10.2 Å². The quantitative estimate of drug-likeness (QED) is 0.681. The minimum atomic E-state index is -0.417. The number of esters is 1. The van der Waals surface area contributed by atoms with Crippen LogP contribution in [0.4, 0.5) is 5.69 Å². The molecule has 0 saturated carbocycles. The first-order chi connectivity index (χ1) is 12.0. The number of hydrogen-bond acceptors (Lipinski definition) is 6. The van der Waals surface area contributed by atoms with Gasteiger partial charge in [0.25, 0.3) is 5.56 Å². The second kappa shape index (κ2) is 7.06. The smallest absolute Gasteiger partial charge is 0.348 e. The van der Waals surface area contributed by atoms with Crippen LogP contribution < -0.4 is 10.9 Å². The fourth-order valence-corrected chi connectivity index (χ4v) is 3.69. The third-order valence-electron chi connectivity index (χ3n) is 3.85. The van der Waals surface area contributed by atoms with E-state index in [0.29, 0.717) is 33.1 Å². The van der Waals surface area contributed by atoms with Crippen LogP contribution in [0, 0.1) is 6.92 Å². The highest BCUT2D eigenvalue weighted by Crippen LogP contribution is 2.28. The summed E-state index contributed by atoms with van der Waals surface area (Å²) in [5.41, 5.74) is 1.31. The summed E-state index contributed by atoms with van der Waals surface area (Å²) >= 11 is 1.19. The molecule has 0 saturated heterocycles. The molecule has 3 rings (SSSR count). The van der Waals surface area contributed by atoms with Gasteiger partial charge in [-0.25, -0.2) is 9.78 Å². The van der Waals surface area contributed by atoms with Gasteiger partial charge in [-0.3, -0.25) is 4.79 Å². The van der Waals surface area contributed by atoms with E-state index < -0.39 is 5.97 Å². The van der Waals surface area contributed by atoms with Gasteiger partial charge < -0.3 is 15.0 Å². The molecular formula is C18H19N3O3S. The molecule has 2 heterocycles. The Kier molecular flexibility index (Phi) is 4.85. The van der Waals surface area contributed by atoms with Crippen LogP contribution in [-0.4, -0.2) is 22.5 Å². The number of H-pyrrole nitrogens is 1. The van der Waals surface area contributed by atoms with Crippen LogP contribution in [0.3, 0.4) is 0 Å². The number of aromatic nitrogens is 2. The Morgan fingerprint density at radius 3 is 2.76 bits per heavy atom.